The van der Waals surface area contributed by atoms with Crippen LogP contribution in [0.4, 0.5) is 0 Å². The molecule has 0 aliphatic rings. The van der Waals surface area contributed by atoms with Crippen LogP contribution in [0.15, 0.2) is 18.2 Å². The van der Waals surface area contributed by atoms with Gasteiger partial charge in [0.25, 0.3) is 0 Å². The molecule has 0 aromatic heterocycles. The van der Waals surface area contributed by atoms with Gasteiger partial charge < -0.3 is 5.11 Å². The van der Waals surface area contributed by atoms with E-state index < -0.39 is 5.97 Å². The summed E-state index contributed by atoms with van der Waals surface area (Å²) in [7, 11) is 0. The monoisotopic (exact) mass is 170 g/mol. The molecule has 62 valence electrons. The highest BCUT2D eigenvalue weighted by molar-refractivity contribution is 5.90. The van der Waals surface area contributed by atoms with E-state index in [0.29, 0.717) is 11.1 Å². The lowest BCUT2D eigenvalue weighted by molar-refractivity contribution is 0.0696. The lowest BCUT2D eigenvalue weighted by Crippen LogP contribution is -2.00. The number of carboxylic acids is 1. The third-order valence-corrected chi connectivity index (χ3v) is 1.57. The molecule has 1 N–H and O–H groups in total. The van der Waals surface area contributed by atoms with Crippen LogP contribution in [0.1, 0.15) is 21.5 Å². The molecule has 0 atom stereocenters. The molecule has 0 fully saturated rings. The highest BCUT2D eigenvalue weighted by Gasteiger charge is 2.07. The number of hydrogen-bond acceptors (Lipinski definition) is 1. The molecule has 1 rings (SSSR count). The van der Waals surface area contributed by atoms with E-state index in [0.717, 1.165) is 0 Å². The molecular weight excluding hydrogens is 164 g/mol. The molecule has 0 saturated heterocycles. The number of aromatic carboxylic acids is 1. The topological polar surface area (TPSA) is 37.3 Å². The Kier molecular flexibility index (Phi) is 2.38. The Hall–Kier alpha value is -2.19. The molecular formula is C11H6O2. The fourth-order valence-corrected chi connectivity index (χ4v) is 0.940. The molecule has 1 aromatic carbocycles. The van der Waals surface area contributed by atoms with E-state index in [1.165, 1.54) is 12.1 Å². The molecule has 0 radical (unpaired) electrons. The lowest BCUT2D eigenvalue weighted by Gasteiger charge is -1.99. The smallest absolute Gasteiger partial charge is 0.336 e. The molecule has 1 aromatic rings. The summed E-state index contributed by atoms with van der Waals surface area (Å²) < 4.78 is 0. The van der Waals surface area contributed by atoms with Gasteiger partial charge in [0.1, 0.15) is 0 Å². The molecule has 0 unspecified atom stereocenters. The number of terminal acetylenes is 2. The number of rotatable bonds is 1. The molecule has 0 aliphatic carbocycles. The normalized spacial score (nSPS) is 8.46. The predicted octanol–water partition coefficient (Wildman–Crippen LogP) is 1.35. The summed E-state index contributed by atoms with van der Waals surface area (Å²) in [5, 5.41) is 8.71. The van der Waals surface area contributed by atoms with E-state index in [2.05, 4.69) is 11.8 Å². The van der Waals surface area contributed by atoms with E-state index in [1.54, 1.807) is 6.07 Å². The van der Waals surface area contributed by atoms with Crippen LogP contribution in [-0.4, -0.2) is 11.1 Å². The summed E-state index contributed by atoms with van der Waals surface area (Å²) >= 11 is 0. The quantitative estimate of drug-likeness (QED) is 0.646. The van der Waals surface area contributed by atoms with Crippen LogP contribution in [-0.2, 0) is 0 Å². The van der Waals surface area contributed by atoms with E-state index in [-0.39, 0.29) is 5.56 Å². The first kappa shape index (κ1) is 8.90. The van der Waals surface area contributed by atoms with Crippen molar-refractivity contribution in [1.29, 1.82) is 0 Å². The van der Waals surface area contributed by atoms with Crippen molar-refractivity contribution in [3.05, 3.63) is 34.9 Å². The first-order valence-electron chi connectivity index (χ1n) is 3.49. The number of carbonyl (C=O) groups is 1. The summed E-state index contributed by atoms with van der Waals surface area (Å²) in [6.45, 7) is 0. The number of hydrogen-bond donors (Lipinski definition) is 1. The highest BCUT2D eigenvalue weighted by atomic mass is 16.4. The van der Waals surface area contributed by atoms with Gasteiger partial charge in [0.15, 0.2) is 0 Å². The summed E-state index contributed by atoms with van der Waals surface area (Å²) in [6.07, 6.45) is 10.3. The summed E-state index contributed by atoms with van der Waals surface area (Å²) in [4.78, 5) is 10.6. The lowest BCUT2D eigenvalue weighted by atomic mass is 10.0. The Bertz CT molecular complexity index is 430. The van der Waals surface area contributed by atoms with Crippen molar-refractivity contribution >= 4 is 5.97 Å². The Morgan fingerprint density at radius 2 is 2.00 bits per heavy atom. The molecule has 0 heterocycles. The Morgan fingerprint density at radius 1 is 1.31 bits per heavy atom. The fourth-order valence-electron chi connectivity index (χ4n) is 0.940. The van der Waals surface area contributed by atoms with Crippen LogP contribution < -0.4 is 0 Å². The second-order valence-electron chi connectivity index (χ2n) is 2.35. The predicted molar refractivity (Wildman–Crippen MR) is 49.3 cm³/mol. The van der Waals surface area contributed by atoms with E-state index in [4.69, 9.17) is 18.0 Å². The van der Waals surface area contributed by atoms with E-state index >= 15 is 0 Å². The Labute approximate surface area is 76.2 Å². The van der Waals surface area contributed by atoms with Crippen LogP contribution in [0.25, 0.3) is 0 Å². The van der Waals surface area contributed by atoms with Gasteiger partial charge in [0, 0.05) is 11.1 Å². The maximum atomic E-state index is 10.6. The zero-order valence-corrected chi connectivity index (χ0v) is 6.74. The van der Waals surface area contributed by atoms with Gasteiger partial charge in [-0.2, -0.15) is 0 Å². The van der Waals surface area contributed by atoms with Gasteiger partial charge >= 0.3 is 5.97 Å². The van der Waals surface area contributed by atoms with Crippen LogP contribution >= 0.6 is 0 Å². The summed E-state index contributed by atoms with van der Waals surface area (Å²) in [6, 6.07) is 4.46. The van der Waals surface area contributed by atoms with Gasteiger partial charge in [-0.1, -0.05) is 11.8 Å². The van der Waals surface area contributed by atoms with Crippen LogP contribution in [0.5, 0.6) is 0 Å². The van der Waals surface area contributed by atoms with Gasteiger partial charge in [-0.15, -0.1) is 12.8 Å². The highest BCUT2D eigenvalue weighted by Crippen LogP contribution is 2.10. The van der Waals surface area contributed by atoms with E-state index in [1.807, 2.05) is 0 Å². The van der Waals surface area contributed by atoms with Crippen molar-refractivity contribution < 1.29 is 9.90 Å². The zero-order valence-electron chi connectivity index (χ0n) is 6.74. The van der Waals surface area contributed by atoms with Gasteiger partial charge in [-0.05, 0) is 18.2 Å². The molecule has 0 bridgehead atoms. The zero-order chi connectivity index (χ0) is 9.84. The molecule has 0 amide bonds. The maximum Gasteiger partial charge on any atom is 0.336 e. The first-order valence-corrected chi connectivity index (χ1v) is 3.49. The minimum absolute atomic E-state index is 0.0986. The largest absolute Gasteiger partial charge is 0.478 e. The third kappa shape index (κ3) is 1.69. The minimum atomic E-state index is -1.04. The van der Waals surface area contributed by atoms with Crippen molar-refractivity contribution in [2.75, 3.05) is 0 Å². The van der Waals surface area contributed by atoms with Crippen molar-refractivity contribution in [3.63, 3.8) is 0 Å². The van der Waals surface area contributed by atoms with Crippen LogP contribution in [0, 0.1) is 24.7 Å². The average Bonchev–Trinajstić information content (AvgIpc) is 2.16. The minimum Gasteiger partial charge on any atom is -0.478 e. The Balaban J connectivity index is 3.36. The first-order chi connectivity index (χ1) is 6.19. The van der Waals surface area contributed by atoms with Crippen molar-refractivity contribution in [3.8, 4) is 24.7 Å². The maximum absolute atomic E-state index is 10.6. The SMILES string of the molecule is C#Cc1ccc(C(=O)O)c(C#C)c1. The van der Waals surface area contributed by atoms with Crippen LogP contribution in [0.3, 0.4) is 0 Å². The van der Waals surface area contributed by atoms with E-state index in [9.17, 15) is 4.79 Å². The summed E-state index contributed by atoms with van der Waals surface area (Å²) in [5.74, 6) is 3.61. The van der Waals surface area contributed by atoms with Crippen molar-refractivity contribution in [2.45, 2.75) is 0 Å². The molecule has 0 saturated carbocycles. The summed E-state index contributed by atoms with van der Waals surface area (Å²) in [5.41, 5.74) is 0.988. The standard InChI is InChI=1S/C11H6O2/c1-3-8-5-6-10(11(12)13)9(4-2)7-8/h1-2,5-7H,(H,12,13). The van der Waals surface area contributed by atoms with Gasteiger partial charge in [-0.25, -0.2) is 4.79 Å². The van der Waals surface area contributed by atoms with Gasteiger partial charge in [0.05, 0.1) is 5.56 Å². The Morgan fingerprint density at radius 3 is 2.46 bits per heavy atom. The fraction of sp³-hybridized carbons (Fsp3) is 0. The number of carboxylic acid groups (broad SMARTS) is 1. The van der Waals surface area contributed by atoms with Gasteiger partial charge in [-0.3, -0.25) is 0 Å². The second-order valence-corrected chi connectivity index (χ2v) is 2.35. The van der Waals surface area contributed by atoms with Gasteiger partial charge in [0.2, 0.25) is 0 Å². The average molecular weight is 170 g/mol. The molecule has 13 heavy (non-hydrogen) atoms. The second kappa shape index (κ2) is 3.47. The molecule has 0 aliphatic heterocycles. The molecule has 2 nitrogen and oxygen atoms in total. The van der Waals surface area contributed by atoms with Crippen LogP contribution in [0.2, 0.25) is 0 Å². The number of benzene rings is 1. The van der Waals surface area contributed by atoms with Crippen molar-refractivity contribution in [2.24, 2.45) is 0 Å². The molecule has 0 spiro atoms. The third-order valence-electron chi connectivity index (χ3n) is 1.57. The van der Waals surface area contributed by atoms with Crippen molar-refractivity contribution in [1.82, 2.24) is 0 Å². The molecule has 2 heteroatoms.